The number of benzene rings is 2. The normalized spacial score (nSPS) is 16.3. The summed E-state index contributed by atoms with van der Waals surface area (Å²) in [6.07, 6.45) is 5.04. The number of anilines is 3. The number of pyridine rings is 1. The van der Waals surface area contributed by atoms with Gasteiger partial charge in [0.05, 0.1) is 11.7 Å². The SMILES string of the molecule is Cc1ccc(Oc2ccc(Nc3ncnc4ccc(NC5=NC6(CCOCC6)CO5)cc34)cc2C)cn1. The van der Waals surface area contributed by atoms with Gasteiger partial charge in [0.1, 0.15) is 35.8 Å². The summed E-state index contributed by atoms with van der Waals surface area (Å²) in [7, 11) is 0. The van der Waals surface area contributed by atoms with Crippen molar-refractivity contribution >= 4 is 34.1 Å². The predicted molar refractivity (Wildman–Crippen MR) is 143 cm³/mol. The molecule has 0 atom stereocenters. The van der Waals surface area contributed by atoms with E-state index in [2.05, 4.69) is 25.6 Å². The Kier molecular flexibility index (Phi) is 6.05. The summed E-state index contributed by atoms with van der Waals surface area (Å²) < 4.78 is 17.4. The first-order valence-corrected chi connectivity index (χ1v) is 12.4. The van der Waals surface area contributed by atoms with Gasteiger partial charge in [0, 0.05) is 35.7 Å². The summed E-state index contributed by atoms with van der Waals surface area (Å²) in [4.78, 5) is 18.1. The Balaban J connectivity index is 1.21. The molecule has 6 rings (SSSR count). The van der Waals surface area contributed by atoms with Crippen molar-refractivity contribution in [3.63, 3.8) is 0 Å². The lowest BCUT2D eigenvalue weighted by atomic mass is 9.92. The summed E-state index contributed by atoms with van der Waals surface area (Å²) >= 11 is 0. The third kappa shape index (κ3) is 5.03. The highest BCUT2D eigenvalue weighted by Gasteiger charge is 2.38. The van der Waals surface area contributed by atoms with E-state index in [0.29, 0.717) is 24.2 Å². The molecule has 9 heteroatoms. The molecule has 2 aromatic heterocycles. The summed E-state index contributed by atoms with van der Waals surface area (Å²) in [5.41, 5.74) is 4.37. The Morgan fingerprint density at radius 1 is 0.892 bits per heavy atom. The highest BCUT2D eigenvalue weighted by Crippen LogP contribution is 2.32. The van der Waals surface area contributed by atoms with Gasteiger partial charge in [0.15, 0.2) is 0 Å². The summed E-state index contributed by atoms with van der Waals surface area (Å²) in [6, 6.07) is 16.3. The Hall–Kier alpha value is -4.24. The van der Waals surface area contributed by atoms with Crippen molar-refractivity contribution in [3.05, 3.63) is 72.3 Å². The molecule has 1 spiro atoms. The van der Waals surface area contributed by atoms with Crippen LogP contribution in [0.25, 0.3) is 10.9 Å². The van der Waals surface area contributed by atoms with Crippen LogP contribution >= 0.6 is 0 Å². The first-order chi connectivity index (χ1) is 18.1. The third-order valence-electron chi connectivity index (χ3n) is 6.68. The minimum atomic E-state index is -0.170. The summed E-state index contributed by atoms with van der Waals surface area (Å²) in [5, 5.41) is 7.64. The fourth-order valence-electron chi connectivity index (χ4n) is 4.53. The number of ether oxygens (including phenoxy) is 3. The molecule has 0 amide bonds. The molecule has 0 aliphatic carbocycles. The molecular formula is C28H28N6O3. The van der Waals surface area contributed by atoms with E-state index in [9.17, 15) is 0 Å². The van der Waals surface area contributed by atoms with Gasteiger partial charge in [-0.15, -0.1) is 0 Å². The number of aryl methyl sites for hydroxylation is 2. The zero-order valence-corrected chi connectivity index (χ0v) is 20.8. The molecule has 2 aliphatic heterocycles. The largest absolute Gasteiger partial charge is 0.462 e. The van der Waals surface area contributed by atoms with E-state index in [-0.39, 0.29) is 5.54 Å². The molecule has 2 N–H and O–H groups in total. The average molecular weight is 497 g/mol. The van der Waals surface area contributed by atoms with Crippen LogP contribution in [-0.2, 0) is 9.47 Å². The van der Waals surface area contributed by atoms with Gasteiger partial charge in [-0.1, -0.05) is 0 Å². The van der Waals surface area contributed by atoms with Crippen LogP contribution in [0.15, 0.2) is 66.0 Å². The molecule has 0 bridgehead atoms. The van der Waals surface area contributed by atoms with Crippen LogP contribution in [-0.4, -0.2) is 46.3 Å². The second kappa shape index (κ2) is 9.67. The van der Waals surface area contributed by atoms with E-state index in [1.165, 1.54) is 0 Å². The van der Waals surface area contributed by atoms with Gasteiger partial charge in [-0.25, -0.2) is 15.0 Å². The molecule has 0 saturated carbocycles. The number of rotatable bonds is 5. The topological polar surface area (TPSA) is 103 Å². The fraction of sp³-hybridized carbons (Fsp3) is 0.286. The molecule has 9 nitrogen and oxygen atoms in total. The zero-order valence-electron chi connectivity index (χ0n) is 20.8. The van der Waals surface area contributed by atoms with Crippen LogP contribution in [0.1, 0.15) is 24.1 Å². The number of nitrogens with zero attached hydrogens (tertiary/aromatic N) is 4. The molecule has 2 aliphatic rings. The average Bonchev–Trinajstić information content (AvgIpc) is 3.28. The molecule has 0 unspecified atom stereocenters. The van der Waals surface area contributed by atoms with Gasteiger partial charge in [-0.2, -0.15) is 0 Å². The molecule has 2 aromatic carbocycles. The smallest absolute Gasteiger partial charge is 0.289 e. The van der Waals surface area contributed by atoms with Gasteiger partial charge in [0.25, 0.3) is 6.02 Å². The maximum Gasteiger partial charge on any atom is 0.289 e. The van der Waals surface area contributed by atoms with Crippen molar-refractivity contribution in [1.82, 2.24) is 15.0 Å². The van der Waals surface area contributed by atoms with E-state index >= 15 is 0 Å². The maximum absolute atomic E-state index is 6.01. The number of aromatic nitrogens is 3. The van der Waals surface area contributed by atoms with Crippen LogP contribution in [0.3, 0.4) is 0 Å². The lowest BCUT2D eigenvalue weighted by Gasteiger charge is -2.27. The third-order valence-corrected chi connectivity index (χ3v) is 6.68. The number of amidine groups is 1. The van der Waals surface area contributed by atoms with Crippen LogP contribution in [0, 0.1) is 13.8 Å². The van der Waals surface area contributed by atoms with Crippen LogP contribution in [0.2, 0.25) is 0 Å². The molecule has 0 radical (unpaired) electrons. The van der Waals surface area contributed by atoms with E-state index in [4.69, 9.17) is 19.2 Å². The van der Waals surface area contributed by atoms with Gasteiger partial charge >= 0.3 is 0 Å². The molecule has 1 fully saturated rings. The Labute approximate surface area is 214 Å². The van der Waals surface area contributed by atoms with Crippen LogP contribution < -0.4 is 15.4 Å². The van der Waals surface area contributed by atoms with Crippen molar-refractivity contribution in [2.75, 3.05) is 30.5 Å². The van der Waals surface area contributed by atoms with Crippen molar-refractivity contribution in [3.8, 4) is 11.5 Å². The van der Waals surface area contributed by atoms with Gasteiger partial charge in [-0.3, -0.25) is 4.98 Å². The molecule has 4 heterocycles. The quantitative estimate of drug-likeness (QED) is 0.372. The standard InChI is InChI=1S/C28H28N6O3/c1-18-13-20(5-8-25(18)37-22-6-3-19(2)29-15-22)32-26-23-14-21(4-7-24(23)30-17-31-26)33-27-34-28(16-36-27)9-11-35-12-10-28/h3-8,13-15,17H,9-12,16H2,1-2H3,(H,33,34)(H,30,31,32). The Bertz CT molecular complexity index is 1470. The minimum absolute atomic E-state index is 0.170. The monoisotopic (exact) mass is 496 g/mol. The molecule has 1 saturated heterocycles. The first kappa shape index (κ1) is 23.2. The van der Waals surface area contributed by atoms with Gasteiger partial charge in [0.2, 0.25) is 0 Å². The van der Waals surface area contributed by atoms with Crippen LogP contribution in [0.5, 0.6) is 11.5 Å². The highest BCUT2D eigenvalue weighted by molar-refractivity contribution is 5.97. The number of hydrogen-bond acceptors (Lipinski definition) is 9. The van der Waals surface area contributed by atoms with Gasteiger partial charge < -0.3 is 24.8 Å². The van der Waals surface area contributed by atoms with Crippen molar-refractivity contribution in [2.45, 2.75) is 32.2 Å². The van der Waals surface area contributed by atoms with Crippen LogP contribution in [0.4, 0.5) is 17.2 Å². The van der Waals surface area contributed by atoms with Crippen molar-refractivity contribution < 1.29 is 14.2 Å². The molecular weight excluding hydrogens is 468 g/mol. The highest BCUT2D eigenvalue weighted by atomic mass is 16.5. The second-order valence-corrected chi connectivity index (χ2v) is 9.46. The Morgan fingerprint density at radius 2 is 1.73 bits per heavy atom. The maximum atomic E-state index is 6.01. The second-order valence-electron chi connectivity index (χ2n) is 9.46. The number of hydrogen-bond donors (Lipinski definition) is 2. The Morgan fingerprint density at radius 3 is 2.54 bits per heavy atom. The summed E-state index contributed by atoms with van der Waals surface area (Å²) in [5.74, 6) is 2.18. The number of aliphatic imine (C=N–C) groups is 1. The van der Waals surface area contributed by atoms with E-state index in [1.807, 2.05) is 62.4 Å². The van der Waals surface area contributed by atoms with Crippen molar-refractivity contribution in [1.29, 1.82) is 0 Å². The first-order valence-electron chi connectivity index (χ1n) is 12.4. The minimum Gasteiger partial charge on any atom is -0.462 e. The zero-order chi connectivity index (χ0) is 25.2. The predicted octanol–water partition coefficient (Wildman–Crippen LogP) is 5.52. The van der Waals surface area contributed by atoms with E-state index < -0.39 is 0 Å². The molecule has 4 aromatic rings. The lowest BCUT2D eigenvalue weighted by molar-refractivity contribution is 0.0442. The van der Waals surface area contributed by atoms with Gasteiger partial charge in [-0.05, 0) is 80.8 Å². The van der Waals surface area contributed by atoms with Crippen molar-refractivity contribution in [2.24, 2.45) is 4.99 Å². The van der Waals surface area contributed by atoms with E-state index in [0.717, 1.165) is 65.3 Å². The number of fused-ring (bicyclic) bond motifs is 1. The number of nitrogens with one attached hydrogen (secondary N) is 2. The lowest BCUT2D eigenvalue weighted by Crippen LogP contribution is -2.35. The fourth-order valence-corrected chi connectivity index (χ4v) is 4.53. The summed E-state index contributed by atoms with van der Waals surface area (Å²) in [6.45, 7) is 5.98. The molecule has 188 valence electrons. The molecule has 37 heavy (non-hydrogen) atoms. The van der Waals surface area contributed by atoms with E-state index in [1.54, 1.807) is 12.5 Å².